The maximum absolute atomic E-state index is 12.9. The molecule has 1 N–H and O–H groups in total. The zero-order chi connectivity index (χ0) is 23.3. The van der Waals surface area contributed by atoms with Gasteiger partial charge in [0.1, 0.15) is 18.4 Å². The molecule has 3 rings (SSSR count). The van der Waals surface area contributed by atoms with E-state index in [2.05, 4.69) is 5.32 Å². The van der Waals surface area contributed by atoms with E-state index in [4.69, 9.17) is 4.74 Å². The maximum Gasteiger partial charge on any atom is 0.244 e. The number of aryl methyl sites for hydroxylation is 2. The fourth-order valence-electron chi connectivity index (χ4n) is 3.64. The van der Waals surface area contributed by atoms with Gasteiger partial charge in [-0.05, 0) is 66.4 Å². The van der Waals surface area contributed by atoms with Gasteiger partial charge in [0.25, 0.3) is 0 Å². The number of amides is 1. The van der Waals surface area contributed by atoms with E-state index >= 15 is 0 Å². The number of benzene rings is 3. The molecule has 1 amide bonds. The van der Waals surface area contributed by atoms with Gasteiger partial charge in [-0.3, -0.25) is 9.10 Å². The quantitative estimate of drug-likeness (QED) is 0.492. The fourth-order valence-corrected chi connectivity index (χ4v) is 4.84. The Morgan fingerprint density at radius 2 is 1.72 bits per heavy atom. The fraction of sp³-hybridized carbons (Fsp3) is 0.320. The van der Waals surface area contributed by atoms with Crippen molar-refractivity contribution in [2.24, 2.45) is 0 Å². The van der Waals surface area contributed by atoms with Crippen molar-refractivity contribution in [3.63, 3.8) is 0 Å². The minimum absolute atomic E-state index is 0.271. The van der Waals surface area contributed by atoms with Crippen LogP contribution in [0.5, 0.6) is 5.75 Å². The number of hydrogen-bond donors (Lipinski definition) is 1. The second-order valence-corrected chi connectivity index (χ2v) is 9.76. The predicted octanol–water partition coefficient (Wildman–Crippen LogP) is 4.20. The summed E-state index contributed by atoms with van der Waals surface area (Å²) in [5, 5.41) is 5.03. The molecule has 3 aromatic rings. The zero-order valence-corrected chi connectivity index (χ0v) is 19.8. The molecule has 0 fully saturated rings. The van der Waals surface area contributed by atoms with Crippen molar-refractivity contribution in [1.82, 2.24) is 5.32 Å². The van der Waals surface area contributed by atoms with Gasteiger partial charge in [0.2, 0.25) is 15.9 Å². The lowest BCUT2D eigenvalue weighted by Crippen LogP contribution is -2.50. The van der Waals surface area contributed by atoms with Gasteiger partial charge in [-0.25, -0.2) is 8.42 Å². The summed E-state index contributed by atoms with van der Waals surface area (Å²) >= 11 is 0. The second kappa shape index (κ2) is 10.0. The van der Waals surface area contributed by atoms with Crippen molar-refractivity contribution in [2.75, 3.05) is 23.7 Å². The standard InChI is InChI=1S/C25H30N2O4S/c1-5-24(27(32(4,29)30)22-12-10-18(2)19(3)16-22)25(28)26-14-15-31-23-13-11-20-8-6-7-9-21(20)17-23/h6-13,16-17,24H,5,14-15H2,1-4H3,(H,26,28). The summed E-state index contributed by atoms with van der Waals surface area (Å²) in [6, 6.07) is 18.4. The number of anilines is 1. The van der Waals surface area contributed by atoms with Crippen LogP contribution in [0.1, 0.15) is 24.5 Å². The lowest BCUT2D eigenvalue weighted by molar-refractivity contribution is -0.122. The molecule has 7 heteroatoms. The molecule has 0 saturated carbocycles. The Balaban J connectivity index is 1.65. The Morgan fingerprint density at radius 1 is 1.00 bits per heavy atom. The summed E-state index contributed by atoms with van der Waals surface area (Å²) in [6.07, 6.45) is 1.47. The molecule has 0 aliphatic heterocycles. The molecular formula is C25H30N2O4S. The number of nitrogens with one attached hydrogen (secondary N) is 1. The average molecular weight is 455 g/mol. The molecule has 0 aliphatic carbocycles. The van der Waals surface area contributed by atoms with Gasteiger partial charge in [-0.1, -0.05) is 43.3 Å². The summed E-state index contributed by atoms with van der Waals surface area (Å²) < 4.78 is 32.1. The van der Waals surface area contributed by atoms with E-state index < -0.39 is 16.1 Å². The minimum atomic E-state index is -3.66. The molecule has 3 aromatic carbocycles. The van der Waals surface area contributed by atoms with Gasteiger partial charge >= 0.3 is 0 Å². The molecule has 0 heterocycles. The highest BCUT2D eigenvalue weighted by atomic mass is 32.2. The number of rotatable bonds is 9. The Labute approximate surface area is 190 Å². The summed E-state index contributed by atoms with van der Waals surface area (Å²) in [5.41, 5.74) is 2.52. The van der Waals surface area contributed by atoms with Crippen molar-refractivity contribution in [3.8, 4) is 5.75 Å². The first-order valence-electron chi connectivity index (χ1n) is 10.7. The normalized spacial score (nSPS) is 12.4. The molecule has 0 radical (unpaired) electrons. The van der Waals surface area contributed by atoms with Crippen LogP contribution in [0.4, 0.5) is 5.69 Å². The van der Waals surface area contributed by atoms with Gasteiger partial charge < -0.3 is 10.1 Å². The van der Waals surface area contributed by atoms with Crippen molar-refractivity contribution in [2.45, 2.75) is 33.2 Å². The van der Waals surface area contributed by atoms with Gasteiger partial charge in [0, 0.05) is 0 Å². The molecule has 0 saturated heterocycles. The van der Waals surface area contributed by atoms with Crippen molar-refractivity contribution >= 4 is 32.4 Å². The van der Waals surface area contributed by atoms with Gasteiger partial charge in [-0.15, -0.1) is 0 Å². The first-order chi connectivity index (χ1) is 15.2. The van der Waals surface area contributed by atoms with E-state index in [9.17, 15) is 13.2 Å². The molecule has 32 heavy (non-hydrogen) atoms. The van der Waals surface area contributed by atoms with Crippen LogP contribution in [0.2, 0.25) is 0 Å². The number of carbonyl (C=O) groups is 1. The lowest BCUT2D eigenvalue weighted by Gasteiger charge is -2.30. The average Bonchev–Trinajstić information content (AvgIpc) is 2.76. The van der Waals surface area contributed by atoms with Crippen molar-refractivity contribution in [1.29, 1.82) is 0 Å². The third-order valence-electron chi connectivity index (χ3n) is 5.47. The number of carbonyl (C=O) groups excluding carboxylic acids is 1. The summed E-state index contributed by atoms with van der Waals surface area (Å²) in [6.45, 7) is 6.23. The van der Waals surface area contributed by atoms with E-state index in [0.717, 1.165) is 33.9 Å². The van der Waals surface area contributed by atoms with Crippen LogP contribution >= 0.6 is 0 Å². The monoisotopic (exact) mass is 454 g/mol. The summed E-state index contributed by atoms with van der Waals surface area (Å²) in [4.78, 5) is 12.9. The van der Waals surface area contributed by atoms with Crippen LogP contribution in [-0.4, -0.2) is 39.8 Å². The smallest absolute Gasteiger partial charge is 0.244 e. The van der Waals surface area contributed by atoms with Crippen LogP contribution in [0.25, 0.3) is 10.8 Å². The Hall–Kier alpha value is -3.06. The van der Waals surface area contributed by atoms with E-state index in [1.54, 1.807) is 19.1 Å². The number of sulfonamides is 1. The van der Waals surface area contributed by atoms with Gasteiger partial charge in [0.05, 0.1) is 18.5 Å². The van der Waals surface area contributed by atoms with Crippen molar-refractivity contribution in [3.05, 3.63) is 71.8 Å². The Morgan fingerprint density at radius 3 is 2.38 bits per heavy atom. The number of fused-ring (bicyclic) bond motifs is 1. The number of nitrogens with zero attached hydrogens (tertiary/aromatic N) is 1. The third-order valence-corrected chi connectivity index (χ3v) is 6.65. The molecule has 170 valence electrons. The van der Waals surface area contributed by atoms with Crippen LogP contribution in [0, 0.1) is 13.8 Å². The predicted molar refractivity (Wildman–Crippen MR) is 130 cm³/mol. The molecule has 0 aliphatic rings. The maximum atomic E-state index is 12.9. The first-order valence-corrected chi connectivity index (χ1v) is 12.5. The molecule has 1 unspecified atom stereocenters. The minimum Gasteiger partial charge on any atom is -0.492 e. The molecule has 1 atom stereocenters. The second-order valence-electron chi connectivity index (χ2n) is 7.90. The highest BCUT2D eigenvalue weighted by Gasteiger charge is 2.31. The molecular weight excluding hydrogens is 424 g/mol. The van der Waals surface area contributed by atoms with Crippen LogP contribution in [0.3, 0.4) is 0 Å². The SMILES string of the molecule is CCC(C(=O)NCCOc1ccc2ccccc2c1)N(c1ccc(C)c(C)c1)S(C)(=O)=O. The van der Waals surface area contributed by atoms with E-state index in [1.165, 1.54) is 4.31 Å². The molecule has 6 nitrogen and oxygen atoms in total. The van der Waals surface area contributed by atoms with Gasteiger partial charge in [-0.2, -0.15) is 0 Å². The molecule has 0 bridgehead atoms. The lowest BCUT2D eigenvalue weighted by atomic mass is 10.1. The van der Waals surface area contributed by atoms with E-state index in [-0.39, 0.29) is 19.1 Å². The molecule has 0 aromatic heterocycles. The first kappa shape index (κ1) is 23.6. The van der Waals surface area contributed by atoms with Crippen LogP contribution in [0.15, 0.2) is 60.7 Å². The highest BCUT2D eigenvalue weighted by Crippen LogP contribution is 2.25. The van der Waals surface area contributed by atoms with Crippen LogP contribution < -0.4 is 14.4 Å². The highest BCUT2D eigenvalue weighted by molar-refractivity contribution is 7.92. The number of ether oxygens (including phenoxy) is 1. The van der Waals surface area contributed by atoms with E-state index in [0.29, 0.717) is 12.1 Å². The van der Waals surface area contributed by atoms with Crippen LogP contribution in [-0.2, 0) is 14.8 Å². The summed E-state index contributed by atoms with van der Waals surface area (Å²) in [7, 11) is -3.66. The number of hydrogen-bond acceptors (Lipinski definition) is 4. The van der Waals surface area contributed by atoms with Gasteiger partial charge in [0.15, 0.2) is 0 Å². The Bertz CT molecular complexity index is 1210. The van der Waals surface area contributed by atoms with Crippen molar-refractivity contribution < 1.29 is 17.9 Å². The third kappa shape index (κ3) is 5.59. The topological polar surface area (TPSA) is 75.7 Å². The Kier molecular flexibility index (Phi) is 7.40. The van der Waals surface area contributed by atoms with E-state index in [1.807, 2.05) is 62.4 Å². The molecule has 0 spiro atoms. The zero-order valence-electron chi connectivity index (χ0n) is 19.0. The summed E-state index contributed by atoms with van der Waals surface area (Å²) in [5.74, 6) is 0.371. The largest absolute Gasteiger partial charge is 0.492 e.